The van der Waals surface area contributed by atoms with Crippen molar-refractivity contribution >= 4 is 29.0 Å². The van der Waals surface area contributed by atoms with Crippen molar-refractivity contribution in [1.82, 2.24) is 4.90 Å². The van der Waals surface area contributed by atoms with Crippen molar-refractivity contribution in [3.8, 4) is 0 Å². The van der Waals surface area contributed by atoms with Gasteiger partial charge in [-0.3, -0.25) is 9.69 Å². The molecule has 2 nitrogen and oxygen atoms in total. The summed E-state index contributed by atoms with van der Waals surface area (Å²) in [6.07, 6.45) is 1.32. The van der Waals surface area contributed by atoms with Gasteiger partial charge >= 0.3 is 0 Å². The van der Waals surface area contributed by atoms with Gasteiger partial charge in [0.2, 0.25) is 0 Å². The minimum absolute atomic E-state index is 0.276. The normalized spacial score (nSPS) is 19.4. The third-order valence-corrected chi connectivity index (χ3v) is 4.07. The third kappa shape index (κ3) is 3.01. The molecule has 2 rings (SSSR count). The van der Waals surface area contributed by atoms with E-state index < -0.39 is 0 Å². The minimum atomic E-state index is 0.276. The van der Waals surface area contributed by atoms with Crippen molar-refractivity contribution in [3.05, 3.63) is 33.8 Å². The van der Waals surface area contributed by atoms with Gasteiger partial charge in [-0.25, -0.2) is 0 Å². The van der Waals surface area contributed by atoms with Gasteiger partial charge in [0, 0.05) is 32.0 Å². The van der Waals surface area contributed by atoms with Crippen molar-refractivity contribution in [3.63, 3.8) is 0 Å². The SMILES string of the molecule is CC(c1ccc(Cl)c(Cl)c1)N1CCC(=O)CC1. The van der Waals surface area contributed by atoms with Gasteiger partial charge in [0.25, 0.3) is 0 Å². The van der Waals surface area contributed by atoms with Gasteiger partial charge in [0.05, 0.1) is 10.0 Å². The van der Waals surface area contributed by atoms with Crippen LogP contribution in [0.25, 0.3) is 0 Å². The molecule has 0 bridgehead atoms. The molecular weight excluding hydrogens is 257 g/mol. The summed E-state index contributed by atoms with van der Waals surface area (Å²) in [5, 5.41) is 1.17. The first-order valence-electron chi connectivity index (χ1n) is 5.78. The van der Waals surface area contributed by atoms with Crippen molar-refractivity contribution in [2.75, 3.05) is 13.1 Å². The average Bonchev–Trinajstić information content (AvgIpc) is 2.33. The molecular formula is C13H15Cl2NO. The number of piperidine rings is 1. The Balaban J connectivity index is 2.11. The maximum absolute atomic E-state index is 11.2. The second kappa shape index (κ2) is 5.38. The van der Waals surface area contributed by atoms with Crippen molar-refractivity contribution in [2.24, 2.45) is 0 Å². The van der Waals surface area contributed by atoms with Gasteiger partial charge in [0.1, 0.15) is 5.78 Å². The molecule has 4 heteroatoms. The quantitative estimate of drug-likeness (QED) is 0.817. The van der Waals surface area contributed by atoms with Crippen LogP contribution in [-0.2, 0) is 4.79 Å². The molecule has 0 aliphatic carbocycles. The van der Waals surface area contributed by atoms with Crippen molar-refractivity contribution in [2.45, 2.75) is 25.8 Å². The van der Waals surface area contributed by atoms with Gasteiger partial charge < -0.3 is 0 Å². The molecule has 1 atom stereocenters. The average molecular weight is 272 g/mol. The fraction of sp³-hybridized carbons (Fsp3) is 0.462. The maximum atomic E-state index is 11.2. The fourth-order valence-corrected chi connectivity index (χ4v) is 2.45. The number of nitrogens with zero attached hydrogens (tertiary/aromatic N) is 1. The highest BCUT2D eigenvalue weighted by Crippen LogP contribution is 2.29. The molecule has 1 aromatic rings. The van der Waals surface area contributed by atoms with Gasteiger partial charge in [0.15, 0.2) is 0 Å². The Labute approximate surface area is 112 Å². The summed E-state index contributed by atoms with van der Waals surface area (Å²) >= 11 is 11.9. The van der Waals surface area contributed by atoms with E-state index in [0.717, 1.165) is 18.7 Å². The highest BCUT2D eigenvalue weighted by molar-refractivity contribution is 6.42. The van der Waals surface area contributed by atoms with E-state index in [1.165, 1.54) is 0 Å². The Morgan fingerprint density at radius 3 is 2.41 bits per heavy atom. The maximum Gasteiger partial charge on any atom is 0.135 e. The van der Waals surface area contributed by atoms with Crippen molar-refractivity contribution < 1.29 is 4.79 Å². The van der Waals surface area contributed by atoms with E-state index in [1.54, 1.807) is 0 Å². The Kier molecular flexibility index (Phi) is 4.08. The van der Waals surface area contributed by atoms with Crippen LogP contribution in [0.4, 0.5) is 0 Å². The molecule has 1 fully saturated rings. The zero-order chi connectivity index (χ0) is 12.4. The first-order chi connectivity index (χ1) is 8.08. The Morgan fingerprint density at radius 1 is 1.18 bits per heavy atom. The second-order valence-electron chi connectivity index (χ2n) is 4.42. The summed E-state index contributed by atoms with van der Waals surface area (Å²) in [6, 6.07) is 6.00. The number of ketones is 1. The fourth-order valence-electron chi connectivity index (χ4n) is 2.14. The standard InChI is InChI=1S/C13H15Cl2NO/c1-9(16-6-4-11(17)5-7-16)10-2-3-12(14)13(15)8-10/h2-3,8-9H,4-7H2,1H3. The van der Waals surface area contributed by atoms with E-state index in [0.29, 0.717) is 28.7 Å². The van der Waals surface area contributed by atoms with Gasteiger partial charge in [-0.1, -0.05) is 29.3 Å². The first kappa shape index (κ1) is 12.9. The number of halogens is 2. The predicted octanol–water partition coefficient (Wildman–Crippen LogP) is 3.72. The summed E-state index contributed by atoms with van der Waals surface area (Å²) in [6.45, 7) is 3.80. The number of carbonyl (C=O) groups is 1. The molecule has 0 N–H and O–H groups in total. The lowest BCUT2D eigenvalue weighted by Gasteiger charge is -2.32. The number of likely N-dealkylation sites (tertiary alicyclic amines) is 1. The van der Waals surface area contributed by atoms with E-state index in [9.17, 15) is 4.79 Å². The zero-order valence-corrected chi connectivity index (χ0v) is 11.3. The lowest BCUT2D eigenvalue weighted by atomic mass is 10.0. The van der Waals surface area contributed by atoms with E-state index in [-0.39, 0.29) is 6.04 Å². The Hall–Kier alpha value is -0.570. The Bertz CT molecular complexity index is 423. The van der Waals surface area contributed by atoms with Crippen LogP contribution in [0, 0.1) is 0 Å². The van der Waals surface area contributed by atoms with Crippen molar-refractivity contribution in [1.29, 1.82) is 0 Å². The van der Waals surface area contributed by atoms with Crippen LogP contribution in [-0.4, -0.2) is 23.8 Å². The van der Waals surface area contributed by atoms with Gasteiger partial charge in [-0.15, -0.1) is 0 Å². The molecule has 0 radical (unpaired) electrons. The molecule has 1 aliphatic heterocycles. The number of hydrogen-bond acceptors (Lipinski definition) is 2. The predicted molar refractivity (Wildman–Crippen MR) is 70.7 cm³/mol. The molecule has 0 spiro atoms. The number of Topliss-reactive ketones (excluding diaryl/α,β-unsaturated/α-hetero) is 1. The lowest BCUT2D eigenvalue weighted by molar-refractivity contribution is -0.121. The van der Waals surface area contributed by atoms with Gasteiger partial charge in [-0.05, 0) is 24.6 Å². The minimum Gasteiger partial charge on any atom is -0.300 e. The molecule has 17 heavy (non-hydrogen) atoms. The number of rotatable bonds is 2. The van der Waals surface area contributed by atoms with Gasteiger partial charge in [-0.2, -0.15) is 0 Å². The van der Waals surface area contributed by atoms with E-state index in [1.807, 2.05) is 18.2 Å². The molecule has 92 valence electrons. The number of hydrogen-bond donors (Lipinski definition) is 0. The van der Waals surface area contributed by atoms with Crippen LogP contribution < -0.4 is 0 Å². The van der Waals surface area contributed by atoms with Crippen LogP contribution in [0.2, 0.25) is 10.0 Å². The first-order valence-corrected chi connectivity index (χ1v) is 6.54. The third-order valence-electron chi connectivity index (χ3n) is 3.33. The Morgan fingerprint density at radius 2 is 1.82 bits per heavy atom. The molecule has 1 aromatic carbocycles. The summed E-state index contributed by atoms with van der Waals surface area (Å²) in [5.74, 6) is 0.364. The highest BCUT2D eigenvalue weighted by Gasteiger charge is 2.21. The van der Waals surface area contributed by atoms with E-state index in [4.69, 9.17) is 23.2 Å². The molecule has 1 heterocycles. The molecule has 0 aromatic heterocycles. The van der Waals surface area contributed by atoms with Crippen LogP contribution in [0.3, 0.4) is 0 Å². The molecule has 1 saturated heterocycles. The largest absolute Gasteiger partial charge is 0.300 e. The lowest BCUT2D eigenvalue weighted by Crippen LogP contribution is -2.35. The highest BCUT2D eigenvalue weighted by atomic mass is 35.5. The second-order valence-corrected chi connectivity index (χ2v) is 5.24. The van der Waals surface area contributed by atoms with E-state index >= 15 is 0 Å². The van der Waals surface area contributed by atoms with Crippen LogP contribution >= 0.6 is 23.2 Å². The zero-order valence-electron chi connectivity index (χ0n) is 9.75. The monoisotopic (exact) mass is 271 g/mol. The topological polar surface area (TPSA) is 20.3 Å². The summed E-state index contributed by atoms with van der Waals surface area (Å²) < 4.78 is 0. The van der Waals surface area contributed by atoms with Crippen LogP contribution in [0.5, 0.6) is 0 Å². The number of benzene rings is 1. The van der Waals surface area contributed by atoms with E-state index in [2.05, 4.69) is 11.8 Å². The molecule has 1 unspecified atom stereocenters. The molecule has 1 aliphatic rings. The molecule has 0 amide bonds. The number of carbonyl (C=O) groups excluding carboxylic acids is 1. The van der Waals surface area contributed by atoms with Crippen LogP contribution in [0.15, 0.2) is 18.2 Å². The summed E-state index contributed by atoms with van der Waals surface area (Å²) in [5.41, 5.74) is 1.15. The molecule has 0 saturated carbocycles. The smallest absolute Gasteiger partial charge is 0.135 e. The van der Waals surface area contributed by atoms with Crippen LogP contribution in [0.1, 0.15) is 31.4 Å². The summed E-state index contributed by atoms with van der Waals surface area (Å²) in [7, 11) is 0. The summed E-state index contributed by atoms with van der Waals surface area (Å²) in [4.78, 5) is 13.5.